The maximum atomic E-state index is 15.3. The van der Waals surface area contributed by atoms with Crippen molar-refractivity contribution in [3.05, 3.63) is 53.3 Å². The molecule has 2 aromatic rings. The Kier molecular flexibility index (Phi) is 8.34. The molecule has 0 bridgehead atoms. The summed E-state index contributed by atoms with van der Waals surface area (Å²) in [4.78, 5) is 29.9. The number of hydrogen-bond acceptors (Lipinski definition) is 7. The summed E-state index contributed by atoms with van der Waals surface area (Å²) < 4.78 is 67.4. The molecule has 0 radical (unpaired) electrons. The van der Waals surface area contributed by atoms with Crippen LogP contribution in [-0.2, 0) is 15.7 Å². The summed E-state index contributed by atoms with van der Waals surface area (Å²) >= 11 is 4.54. The van der Waals surface area contributed by atoms with Crippen molar-refractivity contribution in [2.24, 2.45) is 0 Å². The Morgan fingerprint density at radius 2 is 1.69 bits per heavy atom. The molecule has 226 valence electrons. The predicted molar refractivity (Wildman–Crippen MR) is 151 cm³/mol. The van der Waals surface area contributed by atoms with E-state index >= 15 is 4.39 Å². The second-order valence-electron chi connectivity index (χ2n) is 11.7. The molecule has 8 nitrogen and oxygen atoms in total. The highest BCUT2D eigenvalue weighted by Crippen LogP contribution is 2.43. The quantitative estimate of drug-likeness (QED) is 0.322. The Morgan fingerprint density at radius 1 is 1.07 bits per heavy atom. The molecule has 1 unspecified atom stereocenters. The number of carbonyl (C=O) groups is 2. The van der Waals surface area contributed by atoms with Crippen molar-refractivity contribution in [3.8, 4) is 11.8 Å². The SMILES string of the molecule is CC(C)(C)OC(=O)N1CCC(Oc2ccc(N3C(S)N(c4ccc(C#N)c(C(F)(F)F)c4)C(=O)C3(C)C)cc2F)CC1. The van der Waals surface area contributed by atoms with Gasteiger partial charge in [-0.3, -0.25) is 9.69 Å². The van der Waals surface area contributed by atoms with Crippen molar-refractivity contribution < 1.29 is 36.6 Å². The first-order valence-electron chi connectivity index (χ1n) is 13.3. The minimum Gasteiger partial charge on any atom is -0.487 e. The van der Waals surface area contributed by atoms with Gasteiger partial charge in [-0.05, 0) is 65.0 Å². The van der Waals surface area contributed by atoms with Crippen LogP contribution in [-0.4, -0.2) is 52.7 Å². The normalized spacial score (nSPS) is 19.6. The first kappa shape index (κ1) is 31.3. The second kappa shape index (κ2) is 11.2. The van der Waals surface area contributed by atoms with Crippen LogP contribution in [0.2, 0.25) is 0 Å². The van der Waals surface area contributed by atoms with E-state index in [4.69, 9.17) is 14.7 Å². The summed E-state index contributed by atoms with van der Waals surface area (Å²) in [5, 5.41) is 9.12. The van der Waals surface area contributed by atoms with Crippen molar-refractivity contribution in [1.29, 1.82) is 5.26 Å². The number of alkyl halides is 3. The maximum absolute atomic E-state index is 15.3. The fourth-order valence-electron chi connectivity index (χ4n) is 5.03. The lowest BCUT2D eigenvalue weighted by Gasteiger charge is -2.34. The lowest BCUT2D eigenvalue weighted by atomic mass is 10.0. The zero-order chi connectivity index (χ0) is 31.2. The lowest BCUT2D eigenvalue weighted by Crippen LogP contribution is -2.45. The molecule has 0 N–H and O–H groups in total. The number of nitrogens with zero attached hydrogens (tertiary/aromatic N) is 4. The summed E-state index contributed by atoms with van der Waals surface area (Å²) in [5.41, 5.74) is -4.56. The van der Waals surface area contributed by atoms with Gasteiger partial charge in [0.05, 0.1) is 17.2 Å². The molecule has 0 aliphatic carbocycles. The summed E-state index contributed by atoms with van der Waals surface area (Å²) in [5.74, 6) is -1.26. The molecule has 42 heavy (non-hydrogen) atoms. The second-order valence-corrected chi connectivity index (χ2v) is 12.2. The molecular weight excluding hydrogens is 576 g/mol. The molecule has 2 fully saturated rings. The number of halogens is 4. The number of anilines is 2. The number of ether oxygens (including phenoxy) is 2. The van der Waals surface area contributed by atoms with E-state index in [1.165, 1.54) is 29.2 Å². The number of nitriles is 1. The number of likely N-dealkylation sites (tertiary alicyclic amines) is 1. The Bertz CT molecular complexity index is 1410. The van der Waals surface area contributed by atoms with Crippen LogP contribution in [0.25, 0.3) is 0 Å². The van der Waals surface area contributed by atoms with Gasteiger partial charge in [0, 0.05) is 43.4 Å². The number of rotatable bonds is 4. The summed E-state index contributed by atoms with van der Waals surface area (Å²) in [6.07, 6.45) is -4.60. The van der Waals surface area contributed by atoms with Gasteiger partial charge >= 0.3 is 12.3 Å². The van der Waals surface area contributed by atoms with Crippen molar-refractivity contribution in [2.75, 3.05) is 22.9 Å². The van der Waals surface area contributed by atoms with E-state index in [-0.39, 0.29) is 23.2 Å². The van der Waals surface area contributed by atoms with E-state index in [0.717, 1.165) is 17.0 Å². The van der Waals surface area contributed by atoms with Crippen LogP contribution < -0.4 is 14.5 Å². The molecule has 2 heterocycles. The van der Waals surface area contributed by atoms with Gasteiger partial charge in [-0.25, -0.2) is 9.18 Å². The van der Waals surface area contributed by atoms with Crippen LogP contribution in [0, 0.1) is 17.1 Å². The summed E-state index contributed by atoms with van der Waals surface area (Å²) in [6, 6.07) is 8.68. The maximum Gasteiger partial charge on any atom is 0.417 e. The summed E-state index contributed by atoms with van der Waals surface area (Å²) in [7, 11) is 0. The van der Waals surface area contributed by atoms with Gasteiger partial charge < -0.3 is 19.3 Å². The minimum absolute atomic E-state index is 0.00715. The topological polar surface area (TPSA) is 86.1 Å². The fraction of sp³-hybridized carbons (Fsp3) is 0.483. The van der Waals surface area contributed by atoms with Gasteiger partial charge in [0.2, 0.25) is 0 Å². The van der Waals surface area contributed by atoms with Crippen LogP contribution in [0.3, 0.4) is 0 Å². The molecule has 2 aliphatic heterocycles. The molecule has 0 saturated carbocycles. The van der Waals surface area contributed by atoms with Crippen LogP contribution in [0.1, 0.15) is 58.6 Å². The Hall–Kier alpha value is -3.66. The first-order chi connectivity index (χ1) is 19.4. The molecule has 0 spiro atoms. The van der Waals surface area contributed by atoms with Crippen LogP contribution in [0.15, 0.2) is 36.4 Å². The highest BCUT2D eigenvalue weighted by atomic mass is 32.1. The Morgan fingerprint density at radius 3 is 2.24 bits per heavy atom. The fourth-order valence-corrected chi connectivity index (χ4v) is 5.69. The molecule has 0 aromatic heterocycles. The lowest BCUT2D eigenvalue weighted by molar-refractivity contribution is -0.137. The largest absolute Gasteiger partial charge is 0.487 e. The van der Waals surface area contributed by atoms with Gasteiger partial charge in [0.25, 0.3) is 5.91 Å². The number of thiol groups is 1. The molecule has 2 saturated heterocycles. The van der Waals surface area contributed by atoms with E-state index in [1.54, 1.807) is 45.6 Å². The third-order valence-corrected chi connectivity index (χ3v) is 7.56. The van der Waals surface area contributed by atoms with Gasteiger partial charge in [-0.1, -0.05) is 0 Å². The van der Waals surface area contributed by atoms with E-state index in [1.807, 2.05) is 0 Å². The van der Waals surface area contributed by atoms with E-state index in [0.29, 0.717) is 25.9 Å². The zero-order valence-electron chi connectivity index (χ0n) is 23.8. The van der Waals surface area contributed by atoms with E-state index in [2.05, 4.69) is 12.6 Å². The third kappa shape index (κ3) is 6.23. The van der Waals surface area contributed by atoms with Gasteiger partial charge in [0.1, 0.15) is 17.2 Å². The third-order valence-electron chi connectivity index (χ3n) is 7.09. The molecule has 2 amide bonds. The monoisotopic (exact) mass is 608 g/mol. The van der Waals surface area contributed by atoms with Crippen molar-refractivity contribution >= 4 is 36.0 Å². The standard InChI is InChI=1S/C29H32F4N4O4S/c1-27(2,3)41-26(39)35-12-10-20(11-13-35)40-23-9-8-19(15-22(23)30)37-25(42)36(24(38)28(37,4)5)18-7-6-17(16-34)21(14-18)29(31,32)33/h6-9,14-15,20,25,42H,10-13H2,1-5H3. The average Bonchev–Trinajstić information content (AvgIpc) is 3.06. The van der Waals surface area contributed by atoms with Crippen molar-refractivity contribution in [1.82, 2.24) is 4.90 Å². The number of carbonyl (C=O) groups excluding carboxylic acids is 2. The van der Waals surface area contributed by atoms with Crippen LogP contribution in [0.5, 0.6) is 5.75 Å². The molecular formula is C29H32F4N4O4S. The Labute approximate surface area is 247 Å². The number of amides is 2. The van der Waals surface area contributed by atoms with E-state index < -0.39 is 51.8 Å². The molecule has 2 aromatic carbocycles. The van der Waals surface area contributed by atoms with E-state index in [9.17, 15) is 22.8 Å². The van der Waals surface area contributed by atoms with Crippen molar-refractivity contribution in [2.45, 2.75) is 76.4 Å². The first-order valence-corrected chi connectivity index (χ1v) is 13.8. The number of hydrogen-bond donors (Lipinski definition) is 1. The predicted octanol–water partition coefficient (Wildman–Crippen LogP) is 6.34. The molecule has 13 heteroatoms. The number of piperidine rings is 1. The molecule has 2 aliphatic rings. The van der Waals surface area contributed by atoms with Crippen molar-refractivity contribution in [3.63, 3.8) is 0 Å². The van der Waals surface area contributed by atoms with Crippen LogP contribution >= 0.6 is 12.6 Å². The summed E-state index contributed by atoms with van der Waals surface area (Å²) in [6.45, 7) is 9.28. The van der Waals surface area contributed by atoms with Crippen LogP contribution in [0.4, 0.5) is 33.7 Å². The average molecular weight is 609 g/mol. The Balaban J connectivity index is 1.51. The molecule has 4 rings (SSSR count). The van der Waals surface area contributed by atoms with Gasteiger partial charge in [0.15, 0.2) is 17.1 Å². The van der Waals surface area contributed by atoms with Gasteiger partial charge in [-0.15, -0.1) is 12.6 Å². The zero-order valence-corrected chi connectivity index (χ0v) is 24.7. The minimum atomic E-state index is -4.81. The molecule has 1 atom stereocenters. The smallest absolute Gasteiger partial charge is 0.417 e. The highest BCUT2D eigenvalue weighted by Gasteiger charge is 2.52. The number of benzene rings is 2. The van der Waals surface area contributed by atoms with Gasteiger partial charge in [-0.2, -0.15) is 18.4 Å². The highest BCUT2D eigenvalue weighted by molar-refractivity contribution is 7.81.